The van der Waals surface area contributed by atoms with E-state index < -0.39 is 10.0 Å². The van der Waals surface area contributed by atoms with Crippen LogP contribution in [0, 0.1) is 0 Å². The van der Waals surface area contributed by atoms with E-state index in [2.05, 4.69) is 13.8 Å². The first-order valence-electron chi connectivity index (χ1n) is 7.34. The van der Waals surface area contributed by atoms with E-state index in [1.807, 2.05) is 23.3 Å². The Labute approximate surface area is 131 Å². The Morgan fingerprint density at radius 2 is 1.95 bits per heavy atom. The van der Waals surface area contributed by atoms with Gasteiger partial charge in [0.1, 0.15) is 4.90 Å². The summed E-state index contributed by atoms with van der Waals surface area (Å²) in [5.41, 5.74) is 0.655. The molecule has 5 nitrogen and oxygen atoms in total. The second kappa shape index (κ2) is 6.73. The van der Waals surface area contributed by atoms with Crippen molar-refractivity contribution in [1.29, 1.82) is 0 Å². The van der Waals surface area contributed by atoms with Crippen LogP contribution in [-0.2, 0) is 23.2 Å². The summed E-state index contributed by atoms with van der Waals surface area (Å²) in [5, 5.41) is 9.99. The van der Waals surface area contributed by atoms with Gasteiger partial charge in [0.2, 0.25) is 10.0 Å². The monoisotopic (exact) mass is 332 g/mol. The SMILES string of the molecule is CCCn1cc(S(=O)(=O)N2CC(C)SC(C)C2)cc1CO. The van der Waals surface area contributed by atoms with Crippen molar-refractivity contribution in [3.63, 3.8) is 0 Å². The number of rotatable bonds is 5. The van der Waals surface area contributed by atoms with Crippen LogP contribution in [-0.4, -0.2) is 46.0 Å². The molecule has 0 spiro atoms. The molecular formula is C14H24N2O3S2. The molecule has 2 heterocycles. The van der Waals surface area contributed by atoms with Crippen LogP contribution in [0.5, 0.6) is 0 Å². The number of aryl methyl sites for hydroxylation is 1. The molecule has 1 aliphatic rings. The lowest BCUT2D eigenvalue weighted by Crippen LogP contribution is -2.43. The fraction of sp³-hybridized carbons (Fsp3) is 0.714. The summed E-state index contributed by atoms with van der Waals surface area (Å²) >= 11 is 1.83. The number of sulfonamides is 1. The molecule has 1 fully saturated rings. The Balaban J connectivity index is 2.30. The van der Waals surface area contributed by atoms with Gasteiger partial charge in [-0.05, 0) is 12.5 Å². The molecule has 0 saturated carbocycles. The van der Waals surface area contributed by atoms with Gasteiger partial charge in [0.15, 0.2) is 0 Å². The van der Waals surface area contributed by atoms with Crippen LogP contribution in [0.15, 0.2) is 17.2 Å². The fourth-order valence-corrected chi connectivity index (χ4v) is 5.92. The average Bonchev–Trinajstić information content (AvgIpc) is 2.82. The van der Waals surface area contributed by atoms with Gasteiger partial charge in [-0.2, -0.15) is 16.1 Å². The maximum atomic E-state index is 12.8. The zero-order chi connectivity index (χ0) is 15.6. The molecule has 1 saturated heterocycles. The molecule has 21 heavy (non-hydrogen) atoms. The minimum atomic E-state index is -3.47. The van der Waals surface area contributed by atoms with Crippen LogP contribution in [0.25, 0.3) is 0 Å². The maximum absolute atomic E-state index is 12.8. The first-order chi connectivity index (χ1) is 9.88. The predicted molar refractivity (Wildman–Crippen MR) is 85.9 cm³/mol. The normalized spacial score (nSPS) is 24.4. The minimum Gasteiger partial charge on any atom is -0.390 e. The third kappa shape index (κ3) is 3.64. The molecule has 2 atom stereocenters. The highest BCUT2D eigenvalue weighted by Crippen LogP contribution is 2.29. The van der Waals surface area contributed by atoms with E-state index in [0.717, 1.165) is 6.42 Å². The summed E-state index contributed by atoms with van der Waals surface area (Å²) in [7, 11) is -3.47. The lowest BCUT2D eigenvalue weighted by molar-refractivity contribution is 0.270. The standard InChI is InChI=1S/C14H24N2O3S2/c1-4-5-15-9-14(6-13(15)10-17)21(18,19)16-7-11(2)20-12(3)8-16/h6,9,11-12,17H,4-5,7-8,10H2,1-3H3. The van der Waals surface area contributed by atoms with Gasteiger partial charge >= 0.3 is 0 Å². The molecular weight excluding hydrogens is 308 g/mol. The highest BCUT2D eigenvalue weighted by atomic mass is 32.2. The second-order valence-corrected chi connectivity index (χ2v) is 9.42. The number of aliphatic hydroxyl groups is 1. The number of hydrogen-bond acceptors (Lipinski definition) is 4. The first-order valence-corrected chi connectivity index (χ1v) is 9.72. The molecule has 0 bridgehead atoms. The number of nitrogens with zero attached hydrogens (tertiary/aromatic N) is 2. The Morgan fingerprint density at radius 1 is 1.33 bits per heavy atom. The third-order valence-corrected chi connectivity index (χ3v) is 6.64. The number of aliphatic hydroxyl groups excluding tert-OH is 1. The van der Waals surface area contributed by atoms with Crippen molar-refractivity contribution in [2.24, 2.45) is 0 Å². The summed E-state index contributed by atoms with van der Waals surface area (Å²) < 4.78 is 29.0. The molecule has 1 aromatic heterocycles. The summed E-state index contributed by atoms with van der Waals surface area (Å²) in [6, 6.07) is 1.60. The zero-order valence-electron chi connectivity index (χ0n) is 12.8. The van der Waals surface area contributed by atoms with Gasteiger partial charge in [-0.15, -0.1) is 0 Å². The topological polar surface area (TPSA) is 62.5 Å². The van der Waals surface area contributed by atoms with Crippen molar-refractivity contribution >= 4 is 21.8 Å². The number of thioether (sulfide) groups is 1. The van der Waals surface area contributed by atoms with Crippen molar-refractivity contribution in [3.8, 4) is 0 Å². The van der Waals surface area contributed by atoms with Crippen molar-refractivity contribution in [1.82, 2.24) is 8.87 Å². The third-order valence-electron chi connectivity index (χ3n) is 3.61. The van der Waals surface area contributed by atoms with Crippen molar-refractivity contribution in [3.05, 3.63) is 18.0 Å². The van der Waals surface area contributed by atoms with Crippen LogP contribution in [0.1, 0.15) is 32.9 Å². The number of aromatic nitrogens is 1. The van der Waals surface area contributed by atoms with E-state index in [9.17, 15) is 13.5 Å². The zero-order valence-corrected chi connectivity index (χ0v) is 14.5. The van der Waals surface area contributed by atoms with Gasteiger partial charge in [0.05, 0.1) is 6.61 Å². The molecule has 1 aliphatic heterocycles. The largest absolute Gasteiger partial charge is 0.390 e. The van der Waals surface area contributed by atoms with Gasteiger partial charge in [0.25, 0.3) is 0 Å². The summed E-state index contributed by atoms with van der Waals surface area (Å²) in [4.78, 5) is 0.298. The molecule has 0 aromatic carbocycles. The van der Waals surface area contributed by atoms with Gasteiger partial charge in [-0.1, -0.05) is 20.8 Å². The van der Waals surface area contributed by atoms with E-state index >= 15 is 0 Å². The summed E-state index contributed by atoms with van der Waals surface area (Å²) in [6.07, 6.45) is 2.55. The van der Waals surface area contributed by atoms with Gasteiger partial charge in [0, 0.05) is 42.0 Å². The van der Waals surface area contributed by atoms with Crippen LogP contribution in [0.4, 0.5) is 0 Å². The second-order valence-electron chi connectivity index (χ2n) is 5.60. The Morgan fingerprint density at radius 3 is 2.48 bits per heavy atom. The smallest absolute Gasteiger partial charge is 0.244 e. The van der Waals surface area contributed by atoms with E-state index in [1.54, 1.807) is 16.6 Å². The quantitative estimate of drug-likeness (QED) is 0.894. The first kappa shape index (κ1) is 16.9. The molecule has 0 amide bonds. The van der Waals surface area contributed by atoms with E-state index in [-0.39, 0.29) is 6.61 Å². The number of hydrogen-bond donors (Lipinski definition) is 1. The molecule has 120 valence electrons. The molecule has 1 aromatic rings. The van der Waals surface area contributed by atoms with Crippen molar-refractivity contribution < 1.29 is 13.5 Å². The molecule has 0 aliphatic carbocycles. The molecule has 2 rings (SSSR count). The molecule has 1 N–H and O–H groups in total. The van der Waals surface area contributed by atoms with Crippen molar-refractivity contribution in [2.75, 3.05) is 13.1 Å². The lowest BCUT2D eigenvalue weighted by Gasteiger charge is -2.33. The lowest BCUT2D eigenvalue weighted by atomic mass is 10.4. The fourth-order valence-electron chi connectivity index (χ4n) is 2.72. The van der Waals surface area contributed by atoms with E-state index in [4.69, 9.17) is 0 Å². The maximum Gasteiger partial charge on any atom is 0.244 e. The van der Waals surface area contributed by atoms with Crippen LogP contribution in [0.2, 0.25) is 0 Å². The predicted octanol–water partition coefficient (Wildman–Crippen LogP) is 1.90. The summed E-state index contributed by atoms with van der Waals surface area (Å²) in [5.74, 6) is 0. The van der Waals surface area contributed by atoms with Crippen LogP contribution >= 0.6 is 11.8 Å². The Kier molecular flexibility index (Phi) is 5.40. The van der Waals surface area contributed by atoms with Crippen LogP contribution in [0.3, 0.4) is 0 Å². The van der Waals surface area contributed by atoms with Gasteiger partial charge in [-0.3, -0.25) is 0 Å². The molecule has 7 heteroatoms. The van der Waals surface area contributed by atoms with Gasteiger partial charge < -0.3 is 9.67 Å². The Bertz CT molecular complexity index is 573. The van der Waals surface area contributed by atoms with Gasteiger partial charge in [-0.25, -0.2) is 8.42 Å². The van der Waals surface area contributed by atoms with Crippen LogP contribution < -0.4 is 0 Å². The van der Waals surface area contributed by atoms with E-state index in [1.165, 1.54) is 0 Å². The summed E-state index contributed by atoms with van der Waals surface area (Å²) in [6.45, 7) is 7.82. The van der Waals surface area contributed by atoms with Crippen molar-refractivity contribution in [2.45, 2.75) is 55.7 Å². The average molecular weight is 332 g/mol. The minimum absolute atomic E-state index is 0.141. The Hall–Kier alpha value is -0.500. The molecule has 2 unspecified atom stereocenters. The molecule has 0 radical (unpaired) electrons. The highest BCUT2D eigenvalue weighted by Gasteiger charge is 2.32. The highest BCUT2D eigenvalue weighted by molar-refractivity contribution is 8.00. The van der Waals surface area contributed by atoms with E-state index in [0.29, 0.717) is 40.7 Å².